The molecule has 0 aliphatic carbocycles. The number of piperidine rings is 1. The Kier molecular flexibility index (Phi) is 7.22. The zero-order valence-corrected chi connectivity index (χ0v) is 20.8. The molecule has 2 fully saturated rings. The van der Waals surface area contributed by atoms with Crippen molar-refractivity contribution >= 4 is 34.4 Å². The first-order valence-electron chi connectivity index (χ1n) is 12.6. The molecule has 2 aliphatic rings. The Morgan fingerprint density at radius 2 is 1.86 bits per heavy atom. The van der Waals surface area contributed by atoms with E-state index in [2.05, 4.69) is 30.1 Å². The van der Waals surface area contributed by atoms with Crippen molar-refractivity contribution < 1.29 is 4.79 Å². The average molecular weight is 496 g/mol. The molecule has 1 aromatic carbocycles. The maximum absolute atomic E-state index is 13.5. The van der Waals surface area contributed by atoms with Crippen LogP contribution in [0.3, 0.4) is 0 Å². The molecule has 186 valence electrons. The minimum absolute atomic E-state index is 0.0762. The second-order valence-corrected chi connectivity index (χ2v) is 10.3. The molecule has 0 radical (unpaired) electrons. The van der Waals surface area contributed by atoms with E-state index in [1.54, 1.807) is 6.33 Å². The monoisotopic (exact) mass is 495 g/mol. The summed E-state index contributed by atoms with van der Waals surface area (Å²) in [5, 5.41) is 4.98. The van der Waals surface area contributed by atoms with E-state index >= 15 is 0 Å². The lowest BCUT2D eigenvalue weighted by Gasteiger charge is -2.39. The van der Waals surface area contributed by atoms with Crippen LogP contribution in [0.5, 0.6) is 0 Å². The third-order valence-corrected chi connectivity index (χ3v) is 7.74. The minimum atomic E-state index is -0.902. The number of nitrogens with two attached hydrogens (primary N) is 1. The van der Waals surface area contributed by atoms with Crippen LogP contribution in [0.25, 0.3) is 11.0 Å². The number of nitrogens with zero attached hydrogens (tertiary/aromatic N) is 4. The maximum atomic E-state index is 13.5. The van der Waals surface area contributed by atoms with E-state index in [9.17, 15) is 4.79 Å². The molecular formula is C26H34ClN7O. The van der Waals surface area contributed by atoms with Crippen molar-refractivity contribution in [3.8, 4) is 0 Å². The van der Waals surface area contributed by atoms with Crippen LogP contribution in [-0.4, -0.2) is 64.0 Å². The minimum Gasteiger partial charge on any atom is -0.356 e. The second kappa shape index (κ2) is 10.5. The van der Waals surface area contributed by atoms with Gasteiger partial charge in [-0.25, -0.2) is 9.97 Å². The number of hydrogen-bond acceptors (Lipinski definition) is 6. The Hall–Kier alpha value is -2.68. The van der Waals surface area contributed by atoms with Crippen molar-refractivity contribution in [2.45, 2.75) is 50.1 Å². The molecular weight excluding hydrogens is 462 g/mol. The number of likely N-dealkylation sites (tertiary alicyclic amines) is 1. The number of carbonyl (C=O) groups is 1. The lowest BCUT2D eigenvalue weighted by atomic mass is 9.86. The number of halogens is 1. The number of aromatic nitrogens is 3. The highest BCUT2D eigenvalue weighted by molar-refractivity contribution is 6.30. The van der Waals surface area contributed by atoms with Gasteiger partial charge in [0.2, 0.25) is 5.91 Å². The van der Waals surface area contributed by atoms with Gasteiger partial charge in [-0.1, -0.05) is 23.7 Å². The van der Waals surface area contributed by atoms with Crippen LogP contribution < -0.4 is 16.0 Å². The first-order chi connectivity index (χ1) is 17.0. The van der Waals surface area contributed by atoms with E-state index in [0.29, 0.717) is 31.0 Å². The van der Waals surface area contributed by atoms with Gasteiger partial charge in [-0.2, -0.15) is 0 Å². The van der Waals surface area contributed by atoms with Crippen molar-refractivity contribution in [1.82, 2.24) is 25.2 Å². The molecule has 2 aromatic heterocycles. The third-order valence-electron chi connectivity index (χ3n) is 7.48. The topological polar surface area (TPSA) is 103 Å². The number of carbonyl (C=O) groups excluding carboxylic acids is 1. The molecule has 0 bridgehead atoms. The van der Waals surface area contributed by atoms with E-state index in [1.165, 1.54) is 25.9 Å². The Balaban J connectivity index is 1.23. The Labute approximate surface area is 211 Å². The molecule has 2 saturated heterocycles. The molecule has 2 aliphatic heterocycles. The number of rotatable bonds is 8. The molecule has 9 heteroatoms. The molecule has 4 N–H and O–H groups in total. The molecule has 5 rings (SSSR count). The fourth-order valence-corrected chi connectivity index (χ4v) is 5.43. The lowest BCUT2D eigenvalue weighted by molar-refractivity contribution is -0.128. The van der Waals surface area contributed by atoms with Crippen LogP contribution in [0, 0.1) is 0 Å². The summed E-state index contributed by atoms with van der Waals surface area (Å²) in [6.45, 7) is 4.77. The molecule has 1 amide bonds. The lowest BCUT2D eigenvalue weighted by Crippen LogP contribution is -2.60. The maximum Gasteiger partial charge on any atom is 0.240 e. The van der Waals surface area contributed by atoms with Crippen LogP contribution in [0.4, 0.5) is 5.82 Å². The zero-order valence-electron chi connectivity index (χ0n) is 20.0. The number of benzene rings is 1. The van der Waals surface area contributed by atoms with Crippen molar-refractivity contribution in [3.63, 3.8) is 0 Å². The van der Waals surface area contributed by atoms with Crippen molar-refractivity contribution in [3.05, 3.63) is 53.4 Å². The predicted octanol–water partition coefficient (Wildman–Crippen LogP) is 3.64. The van der Waals surface area contributed by atoms with Crippen LogP contribution in [0.1, 0.15) is 50.1 Å². The molecule has 1 atom stereocenters. The standard InChI is InChI=1S/C26H34ClN7O/c27-20-7-5-19(6-8-20)22(4-3-15-33-13-1-2-14-33)32-25(35)26(28)10-16-34(17-11-26)24-21-9-12-29-23(21)30-18-31-24/h5-9,12,18,22H,1-4,10-11,13-17,28H2,(H,32,35)(H,29,30,31)/t22-/m0/s1. The van der Waals surface area contributed by atoms with Gasteiger partial charge < -0.3 is 25.8 Å². The summed E-state index contributed by atoms with van der Waals surface area (Å²) in [5.41, 5.74) is 7.69. The number of anilines is 1. The highest BCUT2D eigenvalue weighted by Gasteiger charge is 2.39. The van der Waals surface area contributed by atoms with Crippen LogP contribution in [-0.2, 0) is 4.79 Å². The van der Waals surface area contributed by atoms with E-state index in [-0.39, 0.29) is 11.9 Å². The van der Waals surface area contributed by atoms with Crippen molar-refractivity contribution in [1.29, 1.82) is 0 Å². The van der Waals surface area contributed by atoms with E-state index in [0.717, 1.165) is 41.8 Å². The van der Waals surface area contributed by atoms with Gasteiger partial charge in [0.15, 0.2) is 0 Å². The number of hydrogen-bond donors (Lipinski definition) is 3. The molecule has 0 spiro atoms. The van der Waals surface area contributed by atoms with E-state index < -0.39 is 5.54 Å². The van der Waals surface area contributed by atoms with Crippen LogP contribution in [0.2, 0.25) is 5.02 Å². The van der Waals surface area contributed by atoms with Gasteiger partial charge in [0.05, 0.1) is 17.0 Å². The summed E-state index contributed by atoms with van der Waals surface area (Å²) < 4.78 is 0. The average Bonchev–Trinajstić information content (AvgIpc) is 3.56. The fourth-order valence-electron chi connectivity index (χ4n) is 5.30. The summed E-state index contributed by atoms with van der Waals surface area (Å²) in [6.07, 6.45) is 9.05. The van der Waals surface area contributed by atoms with Gasteiger partial charge >= 0.3 is 0 Å². The van der Waals surface area contributed by atoms with Crippen molar-refractivity contribution in [2.75, 3.05) is 37.6 Å². The van der Waals surface area contributed by atoms with E-state index in [4.69, 9.17) is 17.3 Å². The smallest absolute Gasteiger partial charge is 0.240 e. The summed E-state index contributed by atoms with van der Waals surface area (Å²) >= 11 is 6.12. The normalized spacial score (nSPS) is 19.2. The predicted molar refractivity (Wildman–Crippen MR) is 139 cm³/mol. The first-order valence-corrected chi connectivity index (χ1v) is 13.0. The molecule has 35 heavy (non-hydrogen) atoms. The SMILES string of the molecule is NC1(C(=O)N[C@@H](CCCN2CCCC2)c2ccc(Cl)cc2)CCN(c2ncnc3[nH]ccc23)CC1. The molecule has 3 aromatic rings. The molecule has 0 unspecified atom stereocenters. The Bertz CT molecular complexity index is 1130. The van der Waals surface area contributed by atoms with Gasteiger partial charge in [-0.3, -0.25) is 4.79 Å². The van der Waals surface area contributed by atoms with Gasteiger partial charge in [-0.15, -0.1) is 0 Å². The Morgan fingerprint density at radius 3 is 2.60 bits per heavy atom. The number of H-pyrrole nitrogens is 1. The highest BCUT2D eigenvalue weighted by atomic mass is 35.5. The zero-order chi connectivity index (χ0) is 24.3. The summed E-state index contributed by atoms with van der Waals surface area (Å²) in [5.74, 6) is 0.812. The third kappa shape index (κ3) is 5.44. The molecule has 0 saturated carbocycles. The molecule has 4 heterocycles. The number of aromatic amines is 1. The number of nitrogens with one attached hydrogen (secondary N) is 2. The van der Waals surface area contributed by atoms with Gasteiger partial charge in [0.1, 0.15) is 17.8 Å². The molecule has 8 nitrogen and oxygen atoms in total. The highest BCUT2D eigenvalue weighted by Crippen LogP contribution is 2.29. The number of amides is 1. The summed E-state index contributed by atoms with van der Waals surface area (Å²) in [7, 11) is 0. The first kappa shape index (κ1) is 24.0. The Morgan fingerprint density at radius 1 is 1.11 bits per heavy atom. The van der Waals surface area contributed by atoms with E-state index in [1.807, 2.05) is 36.5 Å². The van der Waals surface area contributed by atoms with Crippen molar-refractivity contribution in [2.24, 2.45) is 5.73 Å². The van der Waals surface area contributed by atoms with Gasteiger partial charge in [0.25, 0.3) is 0 Å². The van der Waals surface area contributed by atoms with Gasteiger partial charge in [-0.05, 0) is 81.9 Å². The fraction of sp³-hybridized carbons (Fsp3) is 0.500. The second-order valence-electron chi connectivity index (χ2n) is 9.85. The van der Waals surface area contributed by atoms with Crippen LogP contribution in [0.15, 0.2) is 42.9 Å². The summed E-state index contributed by atoms with van der Waals surface area (Å²) in [6, 6.07) is 9.69. The largest absolute Gasteiger partial charge is 0.356 e. The summed E-state index contributed by atoms with van der Waals surface area (Å²) in [4.78, 5) is 30.1. The van der Waals surface area contributed by atoms with Gasteiger partial charge in [0, 0.05) is 24.3 Å². The van der Waals surface area contributed by atoms with Crippen LogP contribution >= 0.6 is 11.6 Å². The number of fused-ring (bicyclic) bond motifs is 1. The quantitative estimate of drug-likeness (QED) is 0.441.